The fourth-order valence-corrected chi connectivity index (χ4v) is 2.82. The molecule has 104 valence electrons. The number of imidazole rings is 1. The Kier molecular flexibility index (Phi) is 3.31. The van der Waals surface area contributed by atoms with Crippen molar-refractivity contribution in [1.82, 2.24) is 19.8 Å². The smallest absolute Gasteiger partial charge is 0.240 e. The first kappa shape index (κ1) is 12.7. The Bertz CT molecular complexity index is 466. The largest absolute Gasteiger partial charge is 0.337 e. The molecule has 1 aromatic heterocycles. The predicted molar refractivity (Wildman–Crippen MR) is 72.4 cm³/mol. The van der Waals surface area contributed by atoms with E-state index in [1.54, 1.807) is 6.20 Å². The van der Waals surface area contributed by atoms with Gasteiger partial charge in [-0.05, 0) is 31.7 Å². The normalized spacial score (nSPS) is 26.6. The van der Waals surface area contributed by atoms with Gasteiger partial charge in [-0.3, -0.25) is 4.79 Å². The lowest BCUT2D eigenvalue weighted by atomic mass is 10.0. The van der Waals surface area contributed by atoms with Gasteiger partial charge >= 0.3 is 0 Å². The van der Waals surface area contributed by atoms with E-state index in [-0.39, 0.29) is 11.9 Å². The van der Waals surface area contributed by atoms with Gasteiger partial charge in [-0.15, -0.1) is 0 Å². The number of nitrogens with zero attached hydrogens (tertiary/aromatic N) is 3. The minimum atomic E-state index is 0.000804. The Morgan fingerprint density at radius 3 is 2.84 bits per heavy atom. The van der Waals surface area contributed by atoms with Crippen LogP contribution >= 0.6 is 0 Å². The summed E-state index contributed by atoms with van der Waals surface area (Å²) in [6.45, 7) is 3.75. The van der Waals surface area contributed by atoms with Gasteiger partial charge in [0, 0.05) is 25.5 Å². The first-order valence-electron chi connectivity index (χ1n) is 7.17. The van der Waals surface area contributed by atoms with Crippen molar-refractivity contribution in [2.75, 3.05) is 6.54 Å². The van der Waals surface area contributed by atoms with Crippen molar-refractivity contribution in [3.05, 3.63) is 18.2 Å². The molecule has 2 unspecified atom stereocenters. The van der Waals surface area contributed by atoms with E-state index < -0.39 is 0 Å². The standard InChI is InChI=1S/C14H22N4O/c1-10-5-6-16-13(10)14(19)18(11-3-4-11)9-12-15-7-8-17(12)2/h7-8,10-11,13,16H,3-6,9H2,1-2H3. The van der Waals surface area contributed by atoms with E-state index in [0.29, 0.717) is 18.5 Å². The molecule has 2 aliphatic rings. The quantitative estimate of drug-likeness (QED) is 0.877. The van der Waals surface area contributed by atoms with Crippen molar-refractivity contribution in [3.63, 3.8) is 0 Å². The Morgan fingerprint density at radius 1 is 1.53 bits per heavy atom. The lowest BCUT2D eigenvalue weighted by Gasteiger charge is -2.27. The van der Waals surface area contributed by atoms with Gasteiger partial charge in [-0.2, -0.15) is 0 Å². The molecule has 5 nitrogen and oxygen atoms in total. The number of amides is 1. The van der Waals surface area contributed by atoms with Gasteiger partial charge in [-0.25, -0.2) is 4.98 Å². The molecular formula is C14H22N4O. The second kappa shape index (κ2) is 4.96. The van der Waals surface area contributed by atoms with Crippen LogP contribution in [0.15, 0.2) is 12.4 Å². The number of nitrogens with one attached hydrogen (secondary N) is 1. The van der Waals surface area contributed by atoms with Gasteiger partial charge in [-0.1, -0.05) is 6.92 Å². The van der Waals surface area contributed by atoms with Gasteiger partial charge in [0.1, 0.15) is 5.82 Å². The van der Waals surface area contributed by atoms with Crippen LogP contribution < -0.4 is 5.32 Å². The van der Waals surface area contributed by atoms with Crippen LogP contribution in [0.5, 0.6) is 0 Å². The maximum absolute atomic E-state index is 12.7. The van der Waals surface area contributed by atoms with E-state index >= 15 is 0 Å². The van der Waals surface area contributed by atoms with E-state index in [0.717, 1.165) is 31.6 Å². The molecule has 1 N–H and O–H groups in total. The molecular weight excluding hydrogens is 240 g/mol. The summed E-state index contributed by atoms with van der Waals surface area (Å²) in [6, 6.07) is 0.430. The average molecular weight is 262 g/mol. The van der Waals surface area contributed by atoms with Crippen molar-refractivity contribution < 1.29 is 4.79 Å². The highest BCUT2D eigenvalue weighted by molar-refractivity contribution is 5.83. The Balaban J connectivity index is 1.74. The van der Waals surface area contributed by atoms with E-state index in [2.05, 4.69) is 17.2 Å². The molecule has 1 aromatic rings. The summed E-state index contributed by atoms with van der Waals surface area (Å²) in [4.78, 5) is 19.1. The predicted octanol–water partition coefficient (Wildman–Crippen LogP) is 0.909. The van der Waals surface area contributed by atoms with Crippen molar-refractivity contribution in [2.24, 2.45) is 13.0 Å². The summed E-state index contributed by atoms with van der Waals surface area (Å²) in [6.07, 6.45) is 7.09. The average Bonchev–Trinajstić information content (AvgIpc) is 3.02. The van der Waals surface area contributed by atoms with Crippen molar-refractivity contribution >= 4 is 5.91 Å². The molecule has 1 aliphatic carbocycles. The molecule has 0 aromatic carbocycles. The zero-order chi connectivity index (χ0) is 13.4. The van der Waals surface area contributed by atoms with Gasteiger partial charge in [0.15, 0.2) is 0 Å². The third kappa shape index (κ3) is 2.52. The van der Waals surface area contributed by atoms with Crippen molar-refractivity contribution in [3.8, 4) is 0 Å². The monoisotopic (exact) mass is 262 g/mol. The maximum Gasteiger partial charge on any atom is 0.240 e. The molecule has 3 rings (SSSR count). The van der Waals surface area contributed by atoms with Gasteiger partial charge < -0.3 is 14.8 Å². The van der Waals surface area contributed by atoms with E-state index in [1.807, 2.05) is 22.7 Å². The van der Waals surface area contributed by atoms with Gasteiger partial charge in [0.25, 0.3) is 0 Å². The van der Waals surface area contributed by atoms with Crippen LogP contribution in [-0.4, -0.2) is 39.0 Å². The molecule has 2 fully saturated rings. The topological polar surface area (TPSA) is 50.2 Å². The van der Waals surface area contributed by atoms with E-state index in [9.17, 15) is 4.79 Å². The molecule has 2 atom stereocenters. The van der Waals surface area contributed by atoms with Crippen LogP contribution in [0.1, 0.15) is 32.0 Å². The van der Waals surface area contributed by atoms with E-state index in [1.165, 1.54) is 0 Å². The molecule has 5 heteroatoms. The third-order valence-corrected chi connectivity index (χ3v) is 4.30. The highest BCUT2D eigenvalue weighted by Crippen LogP contribution is 2.30. The zero-order valence-electron chi connectivity index (χ0n) is 11.7. The highest BCUT2D eigenvalue weighted by Gasteiger charge is 2.39. The minimum Gasteiger partial charge on any atom is -0.337 e. The van der Waals surface area contributed by atoms with Crippen LogP contribution in [0.3, 0.4) is 0 Å². The van der Waals surface area contributed by atoms with Gasteiger partial charge in [0.2, 0.25) is 5.91 Å². The van der Waals surface area contributed by atoms with Gasteiger partial charge in [0.05, 0.1) is 12.6 Å². The van der Waals surface area contributed by atoms with Crippen LogP contribution in [0.4, 0.5) is 0 Å². The third-order valence-electron chi connectivity index (χ3n) is 4.30. The Labute approximate surface area is 114 Å². The lowest BCUT2D eigenvalue weighted by Crippen LogP contribution is -2.46. The number of carbonyl (C=O) groups is 1. The number of aromatic nitrogens is 2. The highest BCUT2D eigenvalue weighted by atomic mass is 16.2. The summed E-state index contributed by atoms with van der Waals surface area (Å²) < 4.78 is 1.99. The summed E-state index contributed by atoms with van der Waals surface area (Å²) in [5, 5.41) is 3.35. The van der Waals surface area contributed by atoms with Crippen molar-refractivity contribution in [2.45, 2.75) is 44.8 Å². The van der Waals surface area contributed by atoms with Crippen LogP contribution in [-0.2, 0) is 18.4 Å². The van der Waals surface area contributed by atoms with Crippen molar-refractivity contribution in [1.29, 1.82) is 0 Å². The fraction of sp³-hybridized carbons (Fsp3) is 0.714. The molecule has 1 aliphatic heterocycles. The summed E-state index contributed by atoms with van der Waals surface area (Å²) in [5.74, 6) is 1.66. The number of hydrogen-bond acceptors (Lipinski definition) is 3. The first-order chi connectivity index (χ1) is 9.16. The number of rotatable bonds is 4. The Hall–Kier alpha value is -1.36. The molecule has 0 bridgehead atoms. The van der Waals surface area contributed by atoms with Crippen LogP contribution in [0, 0.1) is 5.92 Å². The fourth-order valence-electron chi connectivity index (χ4n) is 2.82. The number of aryl methyl sites for hydroxylation is 1. The number of hydrogen-bond donors (Lipinski definition) is 1. The summed E-state index contributed by atoms with van der Waals surface area (Å²) in [5.41, 5.74) is 0. The number of carbonyl (C=O) groups excluding carboxylic acids is 1. The zero-order valence-corrected chi connectivity index (χ0v) is 11.7. The molecule has 0 spiro atoms. The Morgan fingerprint density at radius 2 is 2.32 bits per heavy atom. The van der Waals surface area contributed by atoms with E-state index in [4.69, 9.17) is 0 Å². The van der Waals surface area contributed by atoms with Crippen LogP contribution in [0.25, 0.3) is 0 Å². The molecule has 2 heterocycles. The molecule has 1 saturated carbocycles. The molecule has 0 radical (unpaired) electrons. The first-order valence-corrected chi connectivity index (χ1v) is 7.17. The molecule has 1 saturated heterocycles. The second-order valence-corrected chi connectivity index (χ2v) is 5.85. The summed E-state index contributed by atoms with van der Waals surface area (Å²) >= 11 is 0. The second-order valence-electron chi connectivity index (χ2n) is 5.85. The SMILES string of the molecule is CC1CCNC1C(=O)N(Cc1nccn1C)C1CC1. The maximum atomic E-state index is 12.7. The minimum absolute atomic E-state index is 0.000804. The van der Waals surface area contributed by atoms with Crippen LogP contribution in [0.2, 0.25) is 0 Å². The lowest BCUT2D eigenvalue weighted by molar-refractivity contribution is -0.135. The molecule has 19 heavy (non-hydrogen) atoms. The molecule has 1 amide bonds. The summed E-state index contributed by atoms with van der Waals surface area (Å²) in [7, 11) is 1.98.